The highest BCUT2D eigenvalue weighted by Gasteiger charge is 2.24. The summed E-state index contributed by atoms with van der Waals surface area (Å²) in [5, 5.41) is 3.02. The molecule has 6 heteroatoms. The van der Waals surface area contributed by atoms with Crippen LogP contribution in [0.25, 0.3) is 0 Å². The maximum atomic E-state index is 12.6. The molecule has 0 radical (unpaired) electrons. The molecule has 1 N–H and O–H groups in total. The lowest BCUT2D eigenvalue weighted by molar-refractivity contribution is 0.122. The van der Waals surface area contributed by atoms with Gasteiger partial charge >= 0.3 is 6.03 Å². The van der Waals surface area contributed by atoms with Crippen LogP contribution in [0.5, 0.6) is 0 Å². The van der Waals surface area contributed by atoms with Crippen LogP contribution in [0.15, 0.2) is 48.5 Å². The van der Waals surface area contributed by atoms with Gasteiger partial charge in [0.15, 0.2) is 0 Å². The second-order valence-electron chi connectivity index (χ2n) is 7.36. The molecule has 0 atom stereocenters. The fraction of sp³-hybridized carbons (Fsp3) is 0.409. The monoisotopic (exact) mass is 380 g/mol. The number of urea groups is 1. The summed E-state index contributed by atoms with van der Waals surface area (Å²) in [6.45, 7) is 8.55. The van der Waals surface area contributed by atoms with Gasteiger partial charge in [-0.3, -0.25) is 0 Å². The van der Waals surface area contributed by atoms with Crippen molar-refractivity contribution in [3.05, 3.63) is 54.1 Å². The van der Waals surface area contributed by atoms with E-state index in [1.54, 1.807) is 0 Å². The lowest BCUT2D eigenvalue weighted by atomic mass is 10.2. The zero-order valence-corrected chi connectivity index (χ0v) is 16.4. The van der Waals surface area contributed by atoms with E-state index in [4.69, 9.17) is 4.74 Å². The number of nitrogens with zero attached hydrogens (tertiary/aromatic N) is 3. The molecule has 0 saturated carbocycles. The summed E-state index contributed by atoms with van der Waals surface area (Å²) in [6, 6.07) is 16.5. The number of para-hydroxylation sites is 2. The molecule has 2 aliphatic heterocycles. The molecule has 2 saturated heterocycles. The van der Waals surface area contributed by atoms with Crippen molar-refractivity contribution < 1.29 is 9.53 Å². The molecule has 2 heterocycles. The molecule has 2 fully saturated rings. The molecule has 2 amide bonds. The fourth-order valence-electron chi connectivity index (χ4n) is 3.88. The van der Waals surface area contributed by atoms with Gasteiger partial charge in [0, 0.05) is 45.0 Å². The SMILES string of the molecule is Cc1cccc(NC(=O)N2CCN(c3ccccc3N3CCOCC3)CC2)c1. The third-order valence-electron chi connectivity index (χ3n) is 5.41. The first kappa shape index (κ1) is 18.6. The van der Waals surface area contributed by atoms with Gasteiger partial charge in [0.2, 0.25) is 0 Å². The van der Waals surface area contributed by atoms with Crippen molar-refractivity contribution in [3.63, 3.8) is 0 Å². The van der Waals surface area contributed by atoms with Gasteiger partial charge in [-0.2, -0.15) is 0 Å². The van der Waals surface area contributed by atoms with E-state index < -0.39 is 0 Å². The molecule has 148 valence electrons. The summed E-state index contributed by atoms with van der Waals surface area (Å²) in [5.41, 5.74) is 4.51. The average molecular weight is 380 g/mol. The van der Waals surface area contributed by atoms with Gasteiger partial charge in [0.25, 0.3) is 0 Å². The lowest BCUT2D eigenvalue weighted by Crippen LogP contribution is -2.50. The molecule has 0 aliphatic carbocycles. The zero-order chi connectivity index (χ0) is 19.3. The maximum Gasteiger partial charge on any atom is 0.321 e. The highest BCUT2D eigenvalue weighted by atomic mass is 16.5. The molecule has 6 nitrogen and oxygen atoms in total. The highest BCUT2D eigenvalue weighted by Crippen LogP contribution is 2.30. The van der Waals surface area contributed by atoms with E-state index in [0.717, 1.165) is 63.7 Å². The summed E-state index contributed by atoms with van der Waals surface area (Å²) >= 11 is 0. The van der Waals surface area contributed by atoms with E-state index in [0.29, 0.717) is 0 Å². The molecule has 2 aromatic carbocycles. The Morgan fingerprint density at radius 3 is 2.14 bits per heavy atom. The third-order valence-corrected chi connectivity index (χ3v) is 5.41. The Bertz CT molecular complexity index is 812. The number of amides is 2. The molecule has 4 rings (SSSR count). The molecule has 2 aliphatic rings. The van der Waals surface area contributed by atoms with Crippen LogP contribution in [0, 0.1) is 6.92 Å². The predicted molar refractivity (Wildman–Crippen MR) is 113 cm³/mol. The average Bonchev–Trinajstić information content (AvgIpc) is 2.74. The van der Waals surface area contributed by atoms with Crippen molar-refractivity contribution in [1.29, 1.82) is 0 Å². The van der Waals surface area contributed by atoms with Gasteiger partial charge in [-0.25, -0.2) is 4.79 Å². The van der Waals surface area contributed by atoms with Crippen LogP contribution in [0.2, 0.25) is 0 Å². The van der Waals surface area contributed by atoms with E-state index in [1.165, 1.54) is 11.4 Å². The van der Waals surface area contributed by atoms with Gasteiger partial charge in [0.05, 0.1) is 24.6 Å². The molecular weight excluding hydrogens is 352 g/mol. The van der Waals surface area contributed by atoms with E-state index in [2.05, 4.69) is 39.4 Å². The van der Waals surface area contributed by atoms with E-state index >= 15 is 0 Å². The van der Waals surface area contributed by atoms with Crippen molar-refractivity contribution in [2.24, 2.45) is 0 Å². The lowest BCUT2D eigenvalue weighted by Gasteiger charge is -2.39. The number of morpholine rings is 1. The van der Waals surface area contributed by atoms with Crippen LogP contribution in [-0.4, -0.2) is 63.4 Å². The third kappa shape index (κ3) is 4.22. The van der Waals surface area contributed by atoms with Gasteiger partial charge in [-0.05, 0) is 36.8 Å². The maximum absolute atomic E-state index is 12.6. The number of anilines is 3. The van der Waals surface area contributed by atoms with Crippen molar-refractivity contribution in [2.75, 3.05) is 67.6 Å². The summed E-state index contributed by atoms with van der Waals surface area (Å²) in [5.74, 6) is 0. The number of hydrogen-bond donors (Lipinski definition) is 1. The standard InChI is InChI=1S/C22H28N4O2/c1-18-5-4-6-19(17-18)23-22(27)26-11-9-24(10-12-26)20-7-2-3-8-21(20)25-13-15-28-16-14-25/h2-8,17H,9-16H2,1H3,(H,23,27). The Hall–Kier alpha value is -2.73. The minimum Gasteiger partial charge on any atom is -0.378 e. The second-order valence-corrected chi connectivity index (χ2v) is 7.36. The Labute approximate surface area is 166 Å². The quantitative estimate of drug-likeness (QED) is 0.889. The van der Waals surface area contributed by atoms with Crippen LogP contribution in [0.3, 0.4) is 0 Å². The number of carbonyl (C=O) groups excluding carboxylic acids is 1. The van der Waals surface area contributed by atoms with Crippen LogP contribution in [-0.2, 0) is 4.74 Å². The van der Waals surface area contributed by atoms with Crippen LogP contribution in [0.1, 0.15) is 5.56 Å². The predicted octanol–water partition coefficient (Wildman–Crippen LogP) is 3.19. The van der Waals surface area contributed by atoms with Crippen LogP contribution < -0.4 is 15.1 Å². The Morgan fingerprint density at radius 1 is 0.857 bits per heavy atom. The van der Waals surface area contributed by atoms with Crippen molar-refractivity contribution in [3.8, 4) is 0 Å². The first-order valence-electron chi connectivity index (χ1n) is 10.00. The normalized spacial score (nSPS) is 17.5. The van der Waals surface area contributed by atoms with E-state index in [-0.39, 0.29) is 6.03 Å². The number of rotatable bonds is 3. The minimum atomic E-state index is -0.0216. The number of benzene rings is 2. The number of ether oxygens (including phenoxy) is 1. The fourth-order valence-corrected chi connectivity index (χ4v) is 3.88. The smallest absolute Gasteiger partial charge is 0.321 e. The number of nitrogens with one attached hydrogen (secondary N) is 1. The van der Waals surface area contributed by atoms with Gasteiger partial charge in [-0.1, -0.05) is 24.3 Å². The van der Waals surface area contributed by atoms with E-state index in [9.17, 15) is 4.79 Å². The summed E-state index contributed by atoms with van der Waals surface area (Å²) in [6.07, 6.45) is 0. The minimum absolute atomic E-state index is 0.0216. The molecule has 28 heavy (non-hydrogen) atoms. The number of carbonyl (C=O) groups is 1. The van der Waals surface area contributed by atoms with Crippen molar-refractivity contribution in [1.82, 2.24) is 4.90 Å². The Morgan fingerprint density at radius 2 is 1.50 bits per heavy atom. The topological polar surface area (TPSA) is 48.1 Å². The molecule has 0 unspecified atom stereocenters. The van der Waals surface area contributed by atoms with Crippen molar-refractivity contribution >= 4 is 23.1 Å². The largest absolute Gasteiger partial charge is 0.378 e. The number of piperazine rings is 1. The molecule has 2 aromatic rings. The Balaban J connectivity index is 1.38. The molecule has 0 spiro atoms. The Kier molecular flexibility index (Phi) is 5.67. The molecular formula is C22H28N4O2. The zero-order valence-electron chi connectivity index (χ0n) is 16.4. The summed E-state index contributed by atoms with van der Waals surface area (Å²) in [7, 11) is 0. The molecule has 0 bridgehead atoms. The second kappa shape index (κ2) is 8.52. The van der Waals surface area contributed by atoms with E-state index in [1.807, 2.05) is 36.1 Å². The first-order chi connectivity index (χ1) is 13.7. The summed E-state index contributed by atoms with van der Waals surface area (Å²) in [4.78, 5) is 19.3. The first-order valence-corrected chi connectivity index (χ1v) is 10.00. The summed E-state index contributed by atoms with van der Waals surface area (Å²) < 4.78 is 5.50. The molecule has 0 aromatic heterocycles. The van der Waals surface area contributed by atoms with Crippen molar-refractivity contribution in [2.45, 2.75) is 6.92 Å². The number of aryl methyl sites for hydroxylation is 1. The van der Waals surface area contributed by atoms with Gasteiger partial charge in [0.1, 0.15) is 0 Å². The van der Waals surface area contributed by atoms with Crippen LogP contribution >= 0.6 is 0 Å². The highest BCUT2D eigenvalue weighted by molar-refractivity contribution is 5.89. The van der Waals surface area contributed by atoms with Gasteiger partial charge < -0.3 is 24.8 Å². The van der Waals surface area contributed by atoms with Gasteiger partial charge in [-0.15, -0.1) is 0 Å². The number of hydrogen-bond acceptors (Lipinski definition) is 4. The van der Waals surface area contributed by atoms with Crippen LogP contribution in [0.4, 0.5) is 21.9 Å².